The van der Waals surface area contributed by atoms with E-state index in [9.17, 15) is 8.42 Å². The first-order chi connectivity index (χ1) is 7.96. The highest BCUT2D eigenvalue weighted by molar-refractivity contribution is 9.10. The molecule has 0 saturated heterocycles. The summed E-state index contributed by atoms with van der Waals surface area (Å²) >= 11 is 9.29. The van der Waals surface area contributed by atoms with Crippen molar-refractivity contribution in [2.75, 3.05) is 5.75 Å². The third-order valence-corrected chi connectivity index (χ3v) is 5.11. The maximum atomic E-state index is 11.2. The molecule has 1 unspecified atom stereocenters. The van der Waals surface area contributed by atoms with Crippen molar-refractivity contribution in [2.45, 2.75) is 12.6 Å². The summed E-state index contributed by atoms with van der Waals surface area (Å²) in [7, 11) is -2.99. The number of rotatable bonds is 3. The third-order valence-electron chi connectivity index (χ3n) is 2.48. The van der Waals surface area contributed by atoms with E-state index in [1.807, 2.05) is 18.2 Å². The second-order valence-electron chi connectivity index (χ2n) is 3.89. The van der Waals surface area contributed by atoms with Crippen molar-refractivity contribution >= 4 is 37.4 Å². The van der Waals surface area contributed by atoms with E-state index in [-0.39, 0.29) is 11.8 Å². The SMILES string of the molecule is O=S1(=O)C=CC(NCc2ccc(Br)c(Cl)c2)C1. The molecule has 0 bridgehead atoms. The molecule has 6 heteroatoms. The van der Waals surface area contributed by atoms with E-state index in [1.54, 1.807) is 6.08 Å². The highest BCUT2D eigenvalue weighted by Crippen LogP contribution is 2.23. The van der Waals surface area contributed by atoms with Crippen LogP contribution in [-0.2, 0) is 16.4 Å². The molecule has 0 spiro atoms. The highest BCUT2D eigenvalue weighted by atomic mass is 79.9. The lowest BCUT2D eigenvalue weighted by atomic mass is 10.2. The van der Waals surface area contributed by atoms with E-state index in [0.717, 1.165) is 10.0 Å². The van der Waals surface area contributed by atoms with Gasteiger partial charge in [0.2, 0.25) is 0 Å². The highest BCUT2D eigenvalue weighted by Gasteiger charge is 2.20. The molecule has 0 amide bonds. The maximum Gasteiger partial charge on any atom is 0.173 e. The number of halogens is 2. The van der Waals surface area contributed by atoms with Gasteiger partial charge >= 0.3 is 0 Å². The Balaban J connectivity index is 1.95. The van der Waals surface area contributed by atoms with Crippen molar-refractivity contribution in [3.05, 3.63) is 44.7 Å². The van der Waals surface area contributed by atoms with Gasteiger partial charge in [-0.05, 0) is 33.6 Å². The minimum atomic E-state index is -2.99. The molecule has 1 heterocycles. The van der Waals surface area contributed by atoms with Crippen molar-refractivity contribution in [1.29, 1.82) is 0 Å². The average Bonchev–Trinajstić information content (AvgIpc) is 2.60. The summed E-state index contributed by atoms with van der Waals surface area (Å²) in [5.74, 6) is 0.136. The molecule has 0 fully saturated rings. The summed E-state index contributed by atoms with van der Waals surface area (Å²) in [6.07, 6.45) is 1.68. The zero-order chi connectivity index (χ0) is 12.5. The maximum absolute atomic E-state index is 11.2. The number of sulfone groups is 1. The summed E-state index contributed by atoms with van der Waals surface area (Å²) < 4.78 is 23.2. The Labute approximate surface area is 114 Å². The summed E-state index contributed by atoms with van der Waals surface area (Å²) in [6.45, 7) is 0.595. The Morgan fingerprint density at radius 2 is 2.24 bits per heavy atom. The van der Waals surface area contributed by atoms with Crippen molar-refractivity contribution in [2.24, 2.45) is 0 Å². The van der Waals surface area contributed by atoms with E-state index < -0.39 is 9.84 Å². The van der Waals surface area contributed by atoms with Gasteiger partial charge < -0.3 is 5.32 Å². The standard InChI is InChI=1S/C11H11BrClNO2S/c12-10-2-1-8(5-11(10)13)6-14-9-3-4-17(15,16)7-9/h1-5,9,14H,6-7H2. The van der Waals surface area contributed by atoms with Crippen molar-refractivity contribution in [3.8, 4) is 0 Å². The van der Waals surface area contributed by atoms with Crippen molar-refractivity contribution < 1.29 is 8.42 Å². The lowest BCUT2D eigenvalue weighted by molar-refractivity contribution is 0.590. The van der Waals surface area contributed by atoms with Crippen LogP contribution < -0.4 is 5.32 Å². The lowest BCUT2D eigenvalue weighted by Crippen LogP contribution is -2.29. The monoisotopic (exact) mass is 335 g/mol. The molecule has 0 aliphatic carbocycles. The van der Waals surface area contributed by atoms with E-state index in [2.05, 4.69) is 21.2 Å². The Bertz CT molecular complexity index is 557. The predicted molar refractivity (Wildman–Crippen MR) is 72.7 cm³/mol. The zero-order valence-electron chi connectivity index (χ0n) is 8.86. The van der Waals surface area contributed by atoms with Gasteiger partial charge in [-0.3, -0.25) is 0 Å². The zero-order valence-corrected chi connectivity index (χ0v) is 12.0. The van der Waals surface area contributed by atoms with Crippen LogP contribution in [0.3, 0.4) is 0 Å². The van der Waals surface area contributed by atoms with E-state index in [4.69, 9.17) is 11.6 Å². The summed E-state index contributed by atoms with van der Waals surface area (Å²) in [5, 5.41) is 5.08. The van der Waals surface area contributed by atoms with Crippen LogP contribution in [0, 0.1) is 0 Å². The largest absolute Gasteiger partial charge is 0.305 e. The Hall–Kier alpha value is -0.360. The molecule has 0 saturated carbocycles. The van der Waals surface area contributed by atoms with Crippen LogP contribution in [0.4, 0.5) is 0 Å². The quantitative estimate of drug-likeness (QED) is 0.922. The van der Waals surface area contributed by atoms with Gasteiger partial charge in [-0.25, -0.2) is 8.42 Å². The number of benzene rings is 1. The van der Waals surface area contributed by atoms with Gasteiger partial charge in [0, 0.05) is 22.5 Å². The molecule has 0 aromatic heterocycles. The average molecular weight is 337 g/mol. The minimum absolute atomic E-state index is 0.109. The van der Waals surface area contributed by atoms with Crippen molar-refractivity contribution in [1.82, 2.24) is 5.32 Å². The third kappa shape index (κ3) is 3.55. The Kier molecular flexibility index (Phi) is 3.92. The molecule has 1 aromatic rings. The van der Waals surface area contributed by atoms with Gasteiger partial charge in [-0.15, -0.1) is 0 Å². The summed E-state index contributed by atoms with van der Waals surface area (Å²) in [5.41, 5.74) is 1.02. The fraction of sp³-hybridized carbons (Fsp3) is 0.273. The second kappa shape index (κ2) is 5.10. The van der Waals surface area contributed by atoms with Crippen LogP contribution in [0.5, 0.6) is 0 Å². The van der Waals surface area contributed by atoms with Crippen LogP contribution in [-0.4, -0.2) is 20.2 Å². The molecule has 1 atom stereocenters. The number of hydrogen-bond acceptors (Lipinski definition) is 3. The molecule has 3 nitrogen and oxygen atoms in total. The molecule has 2 rings (SSSR count). The van der Waals surface area contributed by atoms with Gasteiger partial charge in [0.25, 0.3) is 0 Å². The topological polar surface area (TPSA) is 46.2 Å². The molecule has 1 aliphatic heterocycles. The summed E-state index contributed by atoms with van der Waals surface area (Å²) in [6, 6.07) is 5.56. The normalized spacial score (nSPS) is 21.9. The van der Waals surface area contributed by atoms with E-state index >= 15 is 0 Å². The fourth-order valence-corrected chi connectivity index (χ4v) is 3.32. The van der Waals surface area contributed by atoms with Gasteiger partial charge in [-0.2, -0.15) is 0 Å². The summed E-state index contributed by atoms with van der Waals surface area (Å²) in [4.78, 5) is 0. The predicted octanol–water partition coefficient (Wildman–Crippen LogP) is 2.50. The molecule has 0 radical (unpaired) electrons. The number of nitrogens with one attached hydrogen (secondary N) is 1. The van der Waals surface area contributed by atoms with Crippen LogP contribution in [0.15, 0.2) is 34.2 Å². The van der Waals surface area contributed by atoms with Crippen LogP contribution in [0.2, 0.25) is 5.02 Å². The molecule has 17 heavy (non-hydrogen) atoms. The molecule has 1 aliphatic rings. The first kappa shape index (κ1) is 13.1. The molecular weight excluding hydrogens is 326 g/mol. The molecule has 1 aromatic carbocycles. The molecule has 92 valence electrons. The first-order valence-electron chi connectivity index (χ1n) is 5.04. The van der Waals surface area contributed by atoms with E-state index in [1.165, 1.54) is 5.41 Å². The van der Waals surface area contributed by atoms with Crippen molar-refractivity contribution in [3.63, 3.8) is 0 Å². The van der Waals surface area contributed by atoms with Gasteiger partial charge in [-0.1, -0.05) is 23.7 Å². The fourth-order valence-electron chi connectivity index (χ4n) is 1.60. The van der Waals surface area contributed by atoms with Gasteiger partial charge in [0.1, 0.15) is 0 Å². The van der Waals surface area contributed by atoms with E-state index in [0.29, 0.717) is 11.6 Å². The van der Waals surface area contributed by atoms with Crippen LogP contribution >= 0.6 is 27.5 Å². The van der Waals surface area contributed by atoms with Gasteiger partial charge in [0.05, 0.1) is 10.8 Å². The second-order valence-corrected chi connectivity index (χ2v) is 7.09. The van der Waals surface area contributed by atoms with Crippen LogP contribution in [0.25, 0.3) is 0 Å². The number of hydrogen-bond donors (Lipinski definition) is 1. The van der Waals surface area contributed by atoms with Crippen LogP contribution in [0.1, 0.15) is 5.56 Å². The minimum Gasteiger partial charge on any atom is -0.305 e. The Morgan fingerprint density at radius 3 is 2.82 bits per heavy atom. The lowest BCUT2D eigenvalue weighted by Gasteiger charge is -2.10. The first-order valence-corrected chi connectivity index (χ1v) is 7.93. The molecule has 1 N–H and O–H groups in total. The van der Waals surface area contributed by atoms with Gasteiger partial charge in [0.15, 0.2) is 9.84 Å². The molecular formula is C11H11BrClNO2S. The smallest absolute Gasteiger partial charge is 0.173 e. The Morgan fingerprint density at radius 1 is 1.47 bits per heavy atom.